The van der Waals surface area contributed by atoms with E-state index < -0.39 is 17.3 Å². The lowest BCUT2D eigenvalue weighted by Crippen LogP contribution is -2.58. The number of carbonyl (C=O) groups is 1. The lowest BCUT2D eigenvalue weighted by Gasteiger charge is -2.44. The monoisotopic (exact) mass is 618 g/mol. The van der Waals surface area contributed by atoms with E-state index in [0.717, 1.165) is 0 Å². The number of nitrogens with two attached hydrogens (primary N) is 1. The quantitative estimate of drug-likeness (QED) is 0.219. The summed E-state index contributed by atoms with van der Waals surface area (Å²) in [6, 6.07) is 4.75. The molecule has 4 aromatic rings. The highest BCUT2D eigenvalue weighted by Gasteiger charge is 2.34. The molecule has 1 saturated heterocycles. The Balaban J connectivity index is 0.00000461. The van der Waals surface area contributed by atoms with Crippen molar-refractivity contribution >= 4 is 28.4 Å². The number of carbonyl (C=O) groups excluding carboxylic acids is 1. The van der Waals surface area contributed by atoms with Gasteiger partial charge >= 0.3 is 5.69 Å². The molecular weight excluding hydrogens is 578 g/mol. The van der Waals surface area contributed by atoms with Crippen molar-refractivity contribution in [3.05, 3.63) is 76.8 Å². The van der Waals surface area contributed by atoms with Gasteiger partial charge in [-0.2, -0.15) is 4.98 Å². The van der Waals surface area contributed by atoms with Crippen molar-refractivity contribution in [2.75, 3.05) is 23.7 Å². The number of hydrogen-bond donors (Lipinski definition) is 1. The van der Waals surface area contributed by atoms with Crippen LogP contribution in [-0.2, 0) is 4.79 Å². The van der Waals surface area contributed by atoms with Crippen LogP contribution in [0.5, 0.6) is 0 Å². The second kappa shape index (κ2) is 12.7. The topological polar surface area (TPSA) is 123 Å². The Bertz CT molecular complexity index is 1780. The van der Waals surface area contributed by atoms with Gasteiger partial charge in [0.25, 0.3) is 0 Å². The molecule has 0 unspecified atom stereocenters. The van der Waals surface area contributed by atoms with E-state index in [4.69, 9.17) is 5.73 Å². The van der Waals surface area contributed by atoms with Gasteiger partial charge in [-0.1, -0.05) is 47.8 Å². The summed E-state index contributed by atoms with van der Waals surface area (Å²) in [7, 11) is 0. The number of amides is 1. The molecule has 1 aromatic carbocycles. The van der Waals surface area contributed by atoms with Gasteiger partial charge in [0.1, 0.15) is 23.7 Å². The van der Waals surface area contributed by atoms with Gasteiger partial charge in [-0.15, -0.1) is 0 Å². The second-order valence-corrected chi connectivity index (χ2v) is 11.8. The summed E-state index contributed by atoms with van der Waals surface area (Å²) < 4.78 is 32.4. The molecule has 238 valence electrons. The van der Waals surface area contributed by atoms with E-state index in [2.05, 4.69) is 26.5 Å². The maximum absolute atomic E-state index is 16.0. The zero-order valence-electron chi connectivity index (χ0n) is 25.7. The zero-order valence-corrected chi connectivity index (χ0v) is 25.7. The lowest BCUT2D eigenvalue weighted by atomic mass is 10.0. The van der Waals surface area contributed by atoms with Gasteiger partial charge in [0, 0.05) is 30.9 Å². The van der Waals surface area contributed by atoms with Gasteiger partial charge in [-0.05, 0) is 50.0 Å². The first-order chi connectivity index (χ1) is 20.8. The molecule has 2 N–H and O–H groups in total. The average Bonchev–Trinajstić information content (AvgIpc) is 2.96. The fourth-order valence-electron chi connectivity index (χ4n) is 6.03. The molecule has 3 aromatic heterocycles. The number of anilines is 2. The fraction of sp³-hybridized carbons (Fsp3) is 0.394. The summed E-state index contributed by atoms with van der Waals surface area (Å²) in [4.78, 5) is 48.4. The minimum atomic E-state index is -0.832. The van der Waals surface area contributed by atoms with Crippen LogP contribution in [-0.4, -0.2) is 60.5 Å². The number of piperazine rings is 1. The standard InChI is InChI=1S/C32H36F2N8O2.CH4/c1-8-24(43)41-18(6)13-40(14-19(41)7)30-20-12-22(34)28(25-21(33)10-9-11-23(25)35)38-31(20)42(32(44)39-30)29-26(16(2)3)36-15-37-27(29)17(4)5;/h8-12,15-19H,1,13-14,35H2,2-7H3;1H4/t18-,19+;. The number of halogens is 2. The Kier molecular flexibility index (Phi) is 9.36. The number of nitrogen functional groups attached to an aromatic ring is 1. The minimum absolute atomic E-state index is 0. The fourth-order valence-corrected chi connectivity index (χ4v) is 6.03. The van der Waals surface area contributed by atoms with Crippen molar-refractivity contribution in [2.45, 2.75) is 72.9 Å². The van der Waals surface area contributed by atoms with E-state index in [0.29, 0.717) is 30.2 Å². The number of fused-ring (bicyclic) bond motifs is 1. The lowest BCUT2D eigenvalue weighted by molar-refractivity contribution is -0.130. The molecule has 0 bridgehead atoms. The molecule has 10 nitrogen and oxygen atoms in total. The van der Waals surface area contributed by atoms with E-state index >= 15 is 8.78 Å². The van der Waals surface area contributed by atoms with E-state index in [-0.39, 0.29) is 71.0 Å². The third-order valence-electron chi connectivity index (χ3n) is 7.93. The van der Waals surface area contributed by atoms with Crippen LogP contribution in [0.4, 0.5) is 20.3 Å². The third kappa shape index (κ3) is 5.76. The van der Waals surface area contributed by atoms with Crippen LogP contribution in [0, 0.1) is 11.6 Å². The largest absolute Gasteiger partial charge is 0.398 e. The molecule has 5 rings (SSSR count). The Hall–Kier alpha value is -4.74. The maximum atomic E-state index is 16.0. The Labute approximate surface area is 261 Å². The molecule has 12 heteroatoms. The Morgan fingerprint density at radius 1 is 1.02 bits per heavy atom. The average molecular weight is 619 g/mol. The van der Waals surface area contributed by atoms with Crippen LogP contribution in [0.25, 0.3) is 28.0 Å². The maximum Gasteiger partial charge on any atom is 0.355 e. The highest BCUT2D eigenvalue weighted by molar-refractivity contribution is 5.92. The summed E-state index contributed by atoms with van der Waals surface area (Å²) >= 11 is 0. The number of pyridine rings is 1. The van der Waals surface area contributed by atoms with Crippen LogP contribution >= 0.6 is 0 Å². The number of nitrogens with zero attached hydrogens (tertiary/aromatic N) is 7. The smallest absolute Gasteiger partial charge is 0.355 e. The molecule has 0 saturated carbocycles. The van der Waals surface area contributed by atoms with Gasteiger partial charge < -0.3 is 15.5 Å². The van der Waals surface area contributed by atoms with Crippen LogP contribution in [0.1, 0.15) is 72.2 Å². The molecule has 4 heterocycles. The van der Waals surface area contributed by atoms with Crippen molar-refractivity contribution < 1.29 is 13.6 Å². The Morgan fingerprint density at radius 2 is 1.62 bits per heavy atom. The van der Waals surface area contributed by atoms with Crippen LogP contribution in [0.15, 0.2) is 48.0 Å². The van der Waals surface area contributed by atoms with Gasteiger partial charge in [0.2, 0.25) is 5.91 Å². The van der Waals surface area contributed by atoms with Crippen LogP contribution in [0.2, 0.25) is 0 Å². The molecule has 1 fully saturated rings. The van der Waals surface area contributed by atoms with Gasteiger partial charge in [0.15, 0.2) is 11.5 Å². The van der Waals surface area contributed by atoms with Crippen LogP contribution < -0.4 is 16.3 Å². The molecule has 0 spiro atoms. The first-order valence-corrected chi connectivity index (χ1v) is 14.6. The van der Waals surface area contributed by atoms with E-state index in [1.165, 1.54) is 41.2 Å². The van der Waals surface area contributed by atoms with E-state index in [1.807, 2.05) is 46.4 Å². The number of hydrogen-bond acceptors (Lipinski definition) is 8. The first kappa shape index (κ1) is 33.2. The van der Waals surface area contributed by atoms with Gasteiger partial charge in [0.05, 0.1) is 28.0 Å². The van der Waals surface area contributed by atoms with Crippen molar-refractivity contribution in [1.29, 1.82) is 0 Å². The molecule has 2 atom stereocenters. The highest BCUT2D eigenvalue weighted by atomic mass is 19.1. The minimum Gasteiger partial charge on any atom is -0.398 e. The molecule has 0 radical (unpaired) electrons. The molecule has 1 aliphatic rings. The normalized spacial score (nSPS) is 16.8. The summed E-state index contributed by atoms with van der Waals surface area (Å²) in [5.74, 6) is -1.82. The molecular formula is C33H40F2N8O2. The van der Waals surface area contributed by atoms with E-state index in [1.54, 1.807) is 4.90 Å². The number of rotatable bonds is 6. The number of benzene rings is 1. The summed E-state index contributed by atoms with van der Waals surface area (Å²) in [5, 5.41) is 0.233. The summed E-state index contributed by atoms with van der Waals surface area (Å²) in [6.45, 7) is 15.8. The summed E-state index contributed by atoms with van der Waals surface area (Å²) in [6.07, 6.45) is 2.72. The molecule has 0 aliphatic carbocycles. The van der Waals surface area contributed by atoms with Crippen molar-refractivity contribution in [3.8, 4) is 16.9 Å². The second-order valence-electron chi connectivity index (χ2n) is 11.8. The van der Waals surface area contributed by atoms with Gasteiger partial charge in [-0.3, -0.25) is 4.79 Å². The molecule has 1 amide bonds. The Morgan fingerprint density at radius 3 is 2.16 bits per heavy atom. The third-order valence-corrected chi connectivity index (χ3v) is 7.93. The molecule has 1 aliphatic heterocycles. The number of aromatic nitrogens is 5. The van der Waals surface area contributed by atoms with Crippen molar-refractivity contribution in [2.24, 2.45) is 0 Å². The van der Waals surface area contributed by atoms with Crippen molar-refractivity contribution in [1.82, 2.24) is 29.4 Å². The summed E-state index contributed by atoms with van der Waals surface area (Å²) in [5.41, 5.74) is 6.51. The van der Waals surface area contributed by atoms with E-state index in [9.17, 15) is 9.59 Å². The predicted octanol–water partition coefficient (Wildman–Crippen LogP) is 5.59. The molecule has 45 heavy (non-hydrogen) atoms. The zero-order chi connectivity index (χ0) is 32.0. The van der Waals surface area contributed by atoms with Gasteiger partial charge in [-0.25, -0.2) is 33.1 Å². The van der Waals surface area contributed by atoms with Crippen molar-refractivity contribution in [3.63, 3.8) is 0 Å². The predicted molar refractivity (Wildman–Crippen MR) is 174 cm³/mol. The SMILES string of the molecule is C.C=CC(=O)N1[C@H](C)CN(c2nc(=O)n(-c3c(C(C)C)ncnc3C(C)C)c3nc(-c4c(N)cccc4F)c(F)cc23)C[C@@H]1C. The van der Waals surface area contributed by atoms with Crippen LogP contribution in [0.3, 0.4) is 0 Å². The highest BCUT2D eigenvalue weighted by Crippen LogP contribution is 2.36. The first-order valence-electron chi connectivity index (χ1n) is 14.6.